The molecule has 0 aromatic heterocycles. The summed E-state index contributed by atoms with van der Waals surface area (Å²) in [6, 6.07) is 18.9. The second-order valence-electron chi connectivity index (χ2n) is 6.06. The molecule has 0 spiro atoms. The van der Waals surface area contributed by atoms with Gasteiger partial charge in [-0.25, -0.2) is 4.79 Å². The van der Waals surface area contributed by atoms with Crippen molar-refractivity contribution < 1.29 is 4.79 Å². The maximum atomic E-state index is 12.8. The summed E-state index contributed by atoms with van der Waals surface area (Å²) in [6.45, 7) is 8.18. The first-order chi connectivity index (χ1) is 12.7. The molecule has 136 valence electrons. The number of likely N-dealkylation sites (N-methyl/N-ethyl adjacent to an activating group) is 1. The van der Waals surface area contributed by atoms with E-state index in [2.05, 4.69) is 30.1 Å². The van der Waals surface area contributed by atoms with Crippen LogP contribution in [0.15, 0.2) is 54.6 Å². The van der Waals surface area contributed by atoms with Crippen LogP contribution in [0.25, 0.3) is 0 Å². The first-order valence-corrected chi connectivity index (χ1v) is 8.98. The highest BCUT2D eigenvalue weighted by molar-refractivity contribution is 5.89. The minimum Gasteiger partial charge on any atom is -0.319 e. The highest BCUT2D eigenvalue weighted by Crippen LogP contribution is 2.12. The SMILES string of the molecule is CCN(CC)CCN(Cc1ccccc1)C(=O)Nc1cccc(C#N)c1. The third kappa shape index (κ3) is 5.91. The molecule has 0 heterocycles. The molecular weight excluding hydrogens is 324 g/mol. The minimum atomic E-state index is -0.156. The molecule has 1 N–H and O–H groups in total. The van der Waals surface area contributed by atoms with E-state index >= 15 is 0 Å². The number of nitrogens with zero attached hydrogens (tertiary/aromatic N) is 3. The van der Waals surface area contributed by atoms with Crippen LogP contribution in [-0.2, 0) is 6.54 Å². The summed E-state index contributed by atoms with van der Waals surface area (Å²) in [4.78, 5) is 16.9. The van der Waals surface area contributed by atoms with E-state index in [4.69, 9.17) is 5.26 Å². The van der Waals surface area contributed by atoms with Crippen LogP contribution in [-0.4, -0.2) is 42.0 Å². The predicted octanol–water partition coefficient (Wildman–Crippen LogP) is 3.93. The molecule has 0 unspecified atom stereocenters. The quantitative estimate of drug-likeness (QED) is 0.784. The molecular formula is C21H26N4O. The van der Waals surface area contributed by atoms with E-state index in [0.717, 1.165) is 25.2 Å². The van der Waals surface area contributed by atoms with Gasteiger partial charge in [-0.05, 0) is 36.9 Å². The number of rotatable bonds is 8. The van der Waals surface area contributed by atoms with Gasteiger partial charge in [-0.1, -0.05) is 50.2 Å². The van der Waals surface area contributed by atoms with Crippen molar-refractivity contribution >= 4 is 11.7 Å². The number of nitrogens with one attached hydrogen (secondary N) is 1. The molecule has 0 aliphatic heterocycles. The number of amides is 2. The van der Waals surface area contributed by atoms with Gasteiger partial charge in [0.1, 0.15) is 0 Å². The van der Waals surface area contributed by atoms with Crippen LogP contribution >= 0.6 is 0 Å². The zero-order valence-electron chi connectivity index (χ0n) is 15.5. The Hall–Kier alpha value is -2.84. The largest absolute Gasteiger partial charge is 0.322 e. The molecule has 0 saturated carbocycles. The van der Waals surface area contributed by atoms with Gasteiger partial charge in [0.15, 0.2) is 0 Å². The standard InChI is InChI=1S/C21H26N4O/c1-3-24(4-2)13-14-25(17-18-9-6-5-7-10-18)21(26)23-20-12-8-11-19(15-20)16-22/h5-12,15H,3-4,13-14,17H2,1-2H3,(H,23,26). The van der Waals surface area contributed by atoms with Crippen molar-refractivity contribution in [3.05, 3.63) is 65.7 Å². The molecule has 2 amide bonds. The highest BCUT2D eigenvalue weighted by atomic mass is 16.2. The zero-order valence-corrected chi connectivity index (χ0v) is 15.5. The number of urea groups is 1. The van der Waals surface area contributed by atoms with Crippen molar-refractivity contribution in [3.63, 3.8) is 0 Å². The molecule has 5 nitrogen and oxygen atoms in total. The average Bonchev–Trinajstić information content (AvgIpc) is 2.68. The summed E-state index contributed by atoms with van der Waals surface area (Å²) in [6.07, 6.45) is 0. The van der Waals surface area contributed by atoms with Crippen LogP contribution in [0, 0.1) is 11.3 Å². The molecule has 5 heteroatoms. The van der Waals surface area contributed by atoms with Gasteiger partial charge in [-0.2, -0.15) is 5.26 Å². The molecule has 0 fully saturated rings. The Kier molecular flexibility index (Phi) is 7.66. The molecule has 0 aliphatic carbocycles. The van der Waals surface area contributed by atoms with Crippen molar-refractivity contribution in [3.8, 4) is 6.07 Å². The van der Waals surface area contributed by atoms with E-state index in [-0.39, 0.29) is 6.03 Å². The summed E-state index contributed by atoms with van der Waals surface area (Å²) in [7, 11) is 0. The normalized spacial score (nSPS) is 10.4. The Bertz CT molecular complexity index is 735. The zero-order chi connectivity index (χ0) is 18.8. The summed E-state index contributed by atoms with van der Waals surface area (Å²) < 4.78 is 0. The predicted molar refractivity (Wildman–Crippen MR) is 105 cm³/mol. The fourth-order valence-electron chi connectivity index (χ4n) is 2.73. The van der Waals surface area contributed by atoms with Gasteiger partial charge in [0.05, 0.1) is 11.6 Å². The Morgan fingerprint density at radius 3 is 2.42 bits per heavy atom. The fraction of sp³-hybridized carbons (Fsp3) is 0.333. The number of nitriles is 1. The van der Waals surface area contributed by atoms with E-state index in [0.29, 0.717) is 24.3 Å². The van der Waals surface area contributed by atoms with Crippen molar-refractivity contribution in [1.82, 2.24) is 9.80 Å². The van der Waals surface area contributed by atoms with E-state index in [1.54, 1.807) is 24.3 Å². The van der Waals surface area contributed by atoms with Gasteiger partial charge in [0.2, 0.25) is 0 Å². The summed E-state index contributed by atoms with van der Waals surface area (Å²) in [5.74, 6) is 0. The molecule has 0 aliphatic rings. The third-order valence-corrected chi connectivity index (χ3v) is 4.33. The number of carbonyl (C=O) groups excluding carboxylic acids is 1. The number of carbonyl (C=O) groups is 1. The first kappa shape index (κ1) is 19.5. The van der Waals surface area contributed by atoms with Crippen LogP contribution in [0.1, 0.15) is 25.0 Å². The second kappa shape index (κ2) is 10.2. The van der Waals surface area contributed by atoms with Gasteiger partial charge >= 0.3 is 6.03 Å². The van der Waals surface area contributed by atoms with Gasteiger partial charge in [0, 0.05) is 25.3 Å². The average molecular weight is 350 g/mol. The Morgan fingerprint density at radius 2 is 1.77 bits per heavy atom. The monoisotopic (exact) mass is 350 g/mol. The van der Waals surface area contributed by atoms with E-state index in [1.165, 1.54) is 0 Å². The number of hydrogen-bond acceptors (Lipinski definition) is 3. The van der Waals surface area contributed by atoms with Crippen LogP contribution < -0.4 is 5.32 Å². The Labute approximate surface area is 155 Å². The maximum Gasteiger partial charge on any atom is 0.322 e. The van der Waals surface area contributed by atoms with Gasteiger partial charge in [-0.3, -0.25) is 0 Å². The van der Waals surface area contributed by atoms with Crippen LogP contribution in [0.3, 0.4) is 0 Å². The number of anilines is 1. The van der Waals surface area contributed by atoms with Gasteiger partial charge < -0.3 is 15.1 Å². The molecule has 26 heavy (non-hydrogen) atoms. The topological polar surface area (TPSA) is 59.4 Å². The Morgan fingerprint density at radius 1 is 1.04 bits per heavy atom. The lowest BCUT2D eigenvalue weighted by Gasteiger charge is -2.27. The van der Waals surface area contributed by atoms with E-state index < -0.39 is 0 Å². The number of hydrogen-bond donors (Lipinski definition) is 1. The molecule has 0 saturated heterocycles. The van der Waals surface area contributed by atoms with Crippen LogP contribution in [0.5, 0.6) is 0 Å². The Balaban J connectivity index is 2.10. The molecule has 0 atom stereocenters. The summed E-state index contributed by atoms with van der Waals surface area (Å²) in [5.41, 5.74) is 2.25. The smallest absolute Gasteiger partial charge is 0.319 e. The highest BCUT2D eigenvalue weighted by Gasteiger charge is 2.15. The van der Waals surface area contributed by atoms with Gasteiger partial charge in [-0.15, -0.1) is 0 Å². The lowest BCUT2D eigenvalue weighted by molar-refractivity contribution is 0.194. The van der Waals surface area contributed by atoms with Crippen molar-refractivity contribution in [2.24, 2.45) is 0 Å². The summed E-state index contributed by atoms with van der Waals surface area (Å²) in [5, 5.41) is 11.9. The van der Waals surface area contributed by atoms with Crippen molar-refractivity contribution in [2.75, 3.05) is 31.5 Å². The third-order valence-electron chi connectivity index (χ3n) is 4.33. The first-order valence-electron chi connectivity index (χ1n) is 8.98. The summed E-state index contributed by atoms with van der Waals surface area (Å²) >= 11 is 0. The number of benzene rings is 2. The molecule has 0 bridgehead atoms. The molecule has 2 rings (SSSR count). The lowest BCUT2D eigenvalue weighted by Crippen LogP contribution is -2.40. The van der Waals surface area contributed by atoms with E-state index in [1.807, 2.05) is 35.2 Å². The lowest BCUT2D eigenvalue weighted by atomic mass is 10.2. The van der Waals surface area contributed by atoms with Crippen LogP contribution in [0.2, 0.25) is 0 Å². The van der Waals surface area contributed by atoms with Crippen molar-refractivity contribution in [2.45, 2.75) is 20.4 Å². The van der Waals surface area contributed by atoms with Crippen LogP contribution in [0.4, 0.5) is 10.5 Å². The fourth-order valence-corrected chi connectivity index (χ4v) is 2.73. The molecule has 2 aromatic rings. The molecule has 2 aromatic carbocycles. The van der Waals surface area contributed by atoms with Crippen molar-refractivity contribution in [1.29, 1.82) is 5.26 Å². The second-order valence-corrected chi connectivity index (χ2v) is 6.06. The maximum absolute atomic E-state index is 12.8. The van der Waals surface area contributed by atoms with E-state index in [9.17, 15) is 4.79 Å². The molecule has 0 radical (unpaired) electrons. The minimum absolute atomic E-state index is 0.156. The van der Waals surface area contributed by atoms with Gasteiger partial charge in [0.25, 0.3) is 0 Å².